The van der Waals surface area contributed by atoms with E-state index in [1.165, 1.54) is 0 Å². The first-order chi connectivity index (χ1) is 43.7. The van der Waals surface area contributed by atoms with Gasteiger partial charge in [0.15, 0.2) is 17.5 Å². The fourth-order valence-electron chi connectivity index (χ4n) is 13.9. The quantitative estimate of drug-likeness (QED) is 0.144. The summed E-state index contributed by atoms with van der Waals surface area (Å²) in [5.74, 6) is 1.56. The topological polar surface area (TPSA) is 71.3 Å². The normalized spacial score (nSPS) is 11.9. The lowest BCUT2D eigenvalue weighted by Gasteiger charge is -2.30. The van der Waals surface area contributed by atoms with E-state index in [4.69, 9.17) is 19.9 Å². The molecule has 18 rings (SSSR count). The Morgan fingerprint density at radius 3 is 0.750 bits per heavy atom. The smallest absolute Gasteiger partial charge is 0.167 e. The summed E-state index contributed by atoms with van der Waals surface area (Å²) < 4.78 is 10.1. The molecule has 0 bridgehead atoms. The fraction of sp³-hybridized carbons (Fsp3) is 0. The molecule has 0 aliphatic heterocycles. The van der Waals surface area contributed by atoms with Crippen LogP contribution in [-0.2, 0) is 0 Å². The molecule has 6 aromatic heterocycles. The standard InChI is InChI=1S/C80H50N8/c1-4-27-51(28-5-1)62-41-26-42-63(81-62)72-73(80-83-78(52-29-6-2-7-30-52)82-79(84-80)53-31-8-3-9-32-53)75(86-66-45-20-12-35-56(66)57-36-13-21-46-67(57)86)77(88-70-49-24-16-39-60(70)61-40-17-25-50-71(61)88)76(87-68-47-22-14-37-58(68)59-38-15-23-48-69(59)87)74(72)85-64-43-18-10-33-54(64)55-34-11-19-44-65(55)85/h1-50H. The molecule has 8 heteroatoms. The number of para-hydroxylation sites is 8. The van der Waals surface area contributed by atoms with Crippen molar-refractivity contribution in [2.45, 2.75) is 0 Å². The molecular weight excluding hydrogens is 1070 g/mol. The molecule has 6 heterocycles. The average molecular weight is 1120 g/mol. The minimum Gasteiger partial charge on any atom is -0.306 e. The minimum absolute atomic E-state index is 0.476. The molecule has 18 aromatic rings. The van der Waals surface area contributed by atoms with Gasteiger partial charge in [-0.2, -0.15) is 0 Å². The molecule has 8 nitrogen and oxygen atoms in total. The van der Waals surface area contributed by atoms with E-state index in [1.807, 2.05) is 12.1 Å². The summed E-state index contributed by atoms with van der Waals surface area (Å²) in [6.07, 6.45) is 0. The average Bonchev–Trinajstić information content (AvgIpc) is 1.49. The zero-order valence-electron chi connectivity index (χ0n) is 47.4. The van der Waals surface area contributed by atoms with Crippen LogP contribution in [0.5, 0.6) is 0 Å². The Bertz CT molecular complexity index is 5540. The second-order valence-electron chi connectivity index (χ2n) is 22.4. The largest absolute Gasteiger partial charge is 0.306 e. The number of nitrogens with zero attached hydrogens (tertiary/aromatic N) is 8. The molecular formula is C80H50N8. The van der Waals surface area contributed by atoms with Gasteiger partial charge in [-0.1, -0.05) is 243 Å². The third kappa shape index (κ3) is 7.45. The molecule has 0 unspecified atom stereocenters. The molecule has 0 atom stereocenters. The fourth-order valence-corrected chi connectivity index (χ4v) is 13.9. The highest BCUT2D eigenvalue weighted by Gasteiger charge is 2.37. The number of benzene rings is 12. The summed E-state index contributed by atoms with van der Waals surface area (Å²) >= 11 is 0. The van der Waals surface area contributed by atoms with Crippen molar-refractivity contribution in [1.82, 2.24) is 38.2 Å². The number of pyridine rings is 1. The highest BCUT2D eigenvalue weighted by atomic mass is 15.2. The molecule has 410 valence electrons. The van der Waals surface area contributed by atoms with Gasteiger partial charge in [0, 0.05) is 65.3 Å². The van der Waals surface area contributed by atoms with E-state index < -0.39 is 0 Å². The molecule has 0 saturated heterocycles. The van der Waals surface area contributed by atoms with Gasteiger partial charge < -0.3 is 18.3 Å². The van der Waals surface area contributed by atoms with E-state index in [9.17, 15) is 0 Å². The van der Waals surface area contributed by atoms with Crippen LogP contribution in [0.4, 0.5) is 0 Å². The van der Waals surface area contributed by atoms with Crippen LogP contribution in [0, 0.1) is 0 Å². The summed E-state index contributed by atoms with van der Waals surface area (Å²) in [5, 5.41) is 8.96. The Morgan fingerprint density at radius 2 is 0.420 bits per heavy atom. The van der Waals surface area contributed by atoms with E-state index >= 15 is 0 Å². The van der Waals surface area contributed by atoms with Gasteiger partial charge in [-0.25, -0.2) is 19.9 Å². The molecule has 0 aliphatic carbocycles. The van der Waals surface area contributed by atoms with E-state index in [1.54, 1.807) is 0 Å². The van der Waals surface area contributed by atoms with Crippen molar-refractivity contribution >= 4 is 87.2 Å². The third-order valence-electron chi connectivity index (χ3n) is 17.6. The van der Waals surface area contributed by atoms with Gasteiger partial charge in [-0.15, -0.1) is 0 Å². The van der Waals surface area contributed by atoms with Crippen LogP contribution in [0.2, 0.25) is 0 Å². The van der Waals surface area contributed by atoms with Crippen molar-refractivity contribution in [3.05, 3.63) is 303 Å². The molecule has 0 aliphatic rings. The lowest BCUT2D eigenvalue weighted by atomic mass is 9.93. The highest BCUT2D eigenvalue weighted by Crippen LogP contribution is 2.54. The lowest BCUT2D eigenvalue weighted by molar-refractivity contribution is 1.01. The summed E-state index contributed by atoms with van der Waals surface area (Å²) in [6.45, 7) is 0. The van der Waals surface area contributed by atoms with Crippen LogP contribution >= 0.6 is 0 Å². The van der Waals surface area contributed by atoms with Crippen LogP contribution < -0.4 is 0 Å². The summed E-state index contributed by atoms with van der Waals surface area (Å²) in [7, 11) is 0. The minimum atomic E-state index is 0.476. The Balaban J connectivity index is 1.22. The van der Waals surface area contributed by atoms with Gasteiger partial charge in [0.05, 0.1) is 83.8 Å². The van der Waals surface area contributed by atoms with Crippen LogP contribution in [0.3, 0.4) is 0 Å². The van der Waals surface area contributed by atoms with Crippen molar-refractivity contribution in [1.29, 1.82) is 0 Å². The number of rotatable bonds is 9. The Hall–Kier alpha value is -12.0. The van der Waals surface area contributed by atoms with E-state index in [0.717, 1.165) is 149 Å². The van der Waals surface area contributed by atoms with Crippen LogP contribution in [0.1, 0.15) is 0 Å². The number of aromatic nitrogens is 8. The first-order valence-corrected chi connectivity index (χ1v) is 29.8. The van der Waals surface area contributed by atoms with E-state index in [0.29, 0.717) is 17.5 Å². The predicted molar refractivity (Wildman–Crippen MR) is 362 cm³/mol. The Morgan fingerprint density at radius 1 is 0.170 bits per heavy atom. The number of hydrogen-bond donors (Lipinski definition) is 0. The van der Waals surface area contributed by atoms with Gasteiger partial charge in [0.2, 0.25) is 0 Å². The van der Waals surface area contributed by atoms with Crippen molar-refractivity contribution < 1.29 is 0 Å². The molecule has 0 fully saturated rings. The number of hydrogen-bond acceptors (Lipinski definition) is 4. The zero-order valence-corrected chi connectivity index (χ0v) is 47.4. The maximum Gasteiger partial charge on any atom is 0.167 e. The van der Waals surface area contributed by atoms with Crippen molar-refractivity contribution in [2.24, 2.45) is 0 Å². The van der Waals surface area contributed by atoms with E-state index in [2.05, 4.69) is 309 Å². The second-order valence-corrected chi connectivity index (χ2v) is 22.4. The predicted octanol–water partition coefficient (Wildman–Crippen LogP) is 20.0. The lowest BCUT2D eigenvalue weighted by Crippen LogP contribution is -2.17. The first kappa shape index (κ1) is 49.4. The van der Waals surface area contributed by atoms with Gasteiger partial charge in [0.1, 0.15) is 0 Å². The van der Waals surface area contributed by atoms with Gasteiger partial charge in [-0.05, 0) is 60.7 Å². The summed E-state index contributed by atoms with van der Waals surface area (Å²) in [4.78, 5) is 23.2. The van der Waals surface area contributed by atoms with Crippen LogP contribution in [-0.4, -0.2) is 38.2 Å². The van der Waals surface area contributed by atoms with Crippen molar-refractivity contribution in [3.8, 4) is 79.4 Å². The first-order valence-electron chi connectivity index (χ1n) is 29.8. The van der Waals surface area contributed by atoms with Crippen LogP contribution in [0.25, 0.3) is 167 Å². The molecule has 88 heavy (non-hydrogen) atoms. The third-order valence-corrected chi connectivity index (χ3v) is 17.6. The SMILES string of the molecule is c1ccc(-c2cccc(-c3c(-c4nc(-c5ccccc5)nc(-c5ccccc5)n4)c(-n4c5ccccc5c5ccccc54)c(-n4c5ccccc5c5ccccc54)c(-n4c5ccccc5c5ccccc54)c3-n3c4ccccc4c4ccccc43)n2)cc1. The zero-order chi connectivity index (χ0) is 57.8. The van der Waals surface area contributed by atoms with Gasteiger partial charge >= 0.3 is 0 Å². The molecule has 0 spiro atoms. The van der Waals surface area contributed by atoms with Gasteiger partial charge in [-0.3, -0.25) is 0 Å². The second kappa shape index (κ2) is 19.8. The molecule has 0 radical (unpaired) electrons. The van der Waals surface area contributed by atoms with Crippen molar-refractivity contribution in [3.63, 3.8) is 0 Å². The molecule has 12 aromatic carbocycles. The maximum absolute atomic E-state index is 5.97. The molecule has 0 N–H and O–H groups in total. The van der Waals surface area contributed by atoms with Crippen molar-refractivity contribution in [2.75, 3.05) is 0 Å². The highest BCUT2D eigenvalue weighted by molar-refractivity contribution is 6.18. The maximum atomic E-state index is 5.97. The Kier molecular flexibility index (Phi) is 11.1. The van der Waals surface area contributed by atoms with E-state index in [-0.39, 0.29) is 0 Å². The summed E-state index contributed by atoms with van der Waals surface area (Å²) in [5.41, 5.74) is 17.7. The molecule has 0 saturated carbocycles. The molecule has 0 amide bonds. The number of fused-ring (bicyclic) bond motifs is 12. The monoisotopic (exact) mass is 1120 g/mol. The van der Waals surface area contributed by atoms with Crippen LogP contribution in [0.15, 0.2) is 303 Å². The Labute approximate surface area is 505 Å². The summed E-state index contributed by atoms with van der Waals surface area (Å²) in [6, 6.07) is 108. The van der Waals surface area contributed by atoms with Gasteiger partial charge in [0.25, 0.3) is 0 Å².